The van der Waals surface area contributed by atoms with E-state index in [1.165, 1.54) is 0 Å². The predicted molar refractivity (Wildman–Crippen MR) is 66.1 cm³/mol. The molecule has 1 aromatic carbocycles. The molecule has 0 aliphatic heterocycles. The third-order valence-electron chi connectivity index (χ3n) is 2.43. The molecule has 0 atom stereocenters. The molecule has 0 aliphatic carbocycles. The Kier molecular flexibility index (Phi) is 3.20. The first-order valence-electron chi connectivity index (χ1n) is 5.25. The van der Waals surface area contributed by atoms with Gasteiger partial charge < -0.3 is 15.7 Å². The monoisotopic (exact) mass is 230 g/mol. The highest BCUT2D eigenvalue weighted by Gasteiger charge is 2.07. The van der Waals surface area contributed by atoms with Gasteiger partial charge in [-0.3, -0.25) is 0 Å². The highest BCUT2D eigenvalue weighted by atomic mass is 16.3. The minimum absolute atomic E-state index is 0.212. The number of hydrogen-bond acceptors (Lipinski definition) is 5. The quantitative estimate of drug-likeness (QED) is 0.833. The van der Waals surface area contributed by atoms with Gasteiger partial charge in [-0.1, -0.05) is 6.07 Å². The van der Waals surface area contributed by atoms with Crippen LogP contribution in [0.4, 0.5) is 11.6 Å². The predicted octanol–water partition coefficient (Wildman–Crippen LogP) is 1.41. The van der Waals surface area contributed by atoms with Crippen LogP contribution in [0.2, 0.25) is 0 Å². The molecule has 17 heavy (non-hydrogen) atoms. The Morgan fingerprint density at radius 3 is 2.88 bits per heavy atom. The van der Waals surface area contributed by atoms with Crippen molar-refractivity contribution < 1.29 is 5.11 Å². The van der Waals surface area contributed by atoms with Crippen LogP contribution in [0.25, 0.3) is 0 Å². The molecule has 2 rings (SSSR count). The summed E-state index contributed by atoms with van der Waals surface area (Å²) in [6.45, 7) is 0.378. The van der Waals surface area contributed by atoms with E-state index in [-0.39, 0.29) is 5.75 Å². The average molecular weight is 230 g/mol. The fourth-order valence-electron chi connectivity index (χ4n) is 1.48. The molecule has 0 amide bonds. The van der Waals surface area contributed by atoms with Crippen molar-refractivity contribution in [2.24, 2.45) is 5.73 Å². The highest BCUT2D eigenvalue weighted by molar-refractivity contribution is 5.58. The lowest BCUT2D eigenvalue weighted by Gasteiger charge is -2.17. The maximum Gasteiger partial charge on any atom is 0.229 e. The zero-order valence-electron chi connectivity index (χ0n) is 9.54. The molecule has 1 heterocycles. The lowest BCUT2D eigenvalue weighted by atomic mass is 10.3. The van der Waals surface area contributed by atoms with Gasteiger partial charge in [0, 0.05) is 31.5 Å². The molecule has 5 nitrogen and oxygen atoms in total. The molecule has 0 bridgehead atoms. The van der Waals surface area contributed by atoms with Crippen LogP contribution in [0.15, 0.2) is 36.5 Å². The van der Waals surface area contributed by atoms with Crippen molar-refractivity contribution in [1.29, 1.82) is 0 Å². The summed E-state index contributed by atoms with van der Waals surface area (Å²) in [4.78, 5) is 10.3. The third kappa shape index (κ3) is 2.51. The number of phenolic OH excluding ortho intramolecular Hbond substituents is 1. The number of benzene rings is 1. The van der Waals surface area contributed by atoms with Crippen LogP contribution in [-0.4, -0.2) is 22.1 Å². The van der Waals surface area contributed by atoms with Gasteiger partial charge in [0.2, 0.25) is 5.95 Å². The number of anilines is 2. The van der Waals surface area contributed by atoms with Gasteiger partial charge in [0.05, 0.1) is 5.69 Å². The summed E-state index contributed by atoms with van der Waals surface area (Å²) in [6.07, 6.45) is 1.67. The van der Waals surface area contributed by atoms with E-state index in [2.05, 4.69) is 9.97 Å². The molecule has 0 fully saturated rings. The van der Waals surface area contributed by atoms with Crippen LogP contribution in [0.3, 0.4) is 0 Å². The van der Waals surface area contributed by atoms with Gasteiger partial charge in [0.1, 0.15) is 5.75 Å². The summed E-state index contributed by atoms with van der Waals surface area (Å²) in [7, 11) is 1.84. The maximum atomic E-state index is 9.42. The van der Waals surface area contributed by atoms with Gasteiger partial charge in [-0.2, -0.15) is 0 Å². The van der Waals surface area contributed by atoms with Crippen molar-refractivity contribution in [2.45, 2.75) is 6.54 Å². The Balaban J connectivity index is 2.33. The van der Waals surface area contributed by atoms with Crippen molar-refractivity contribution in [3.63, 3.8) is 0 Å². The largest absolute Gasteiger partial charge is 0.508 e. The zero-order chi connectivity index (χ0) is 12.3. The highest BCUT2D eigenvalue weighted by Crippen LogP contribution is 2.23. The van der Waals surface area contributed by atoms with Crippen LogP contribution in [-0.2, 0) is 6.54 Å². The van der Waals surface area contributed by atoms with E-state index in [0.29, 0.717) is 12.5 Å². The van der Waals surface area contributed by atoms with Gasteiger partial charge in [-0.05, 0) is 18.2 Å². The average Bonchev–Trinajstić information content (AvgIpc) is 2.38. The topological polar surface area (TPSA) is 75.3 Å². The first-order valence-corrected chi connectivity index (χ1v) is 5.25. The second-order valence-electron chi connectivity index (χ2n) is 3.63. The second-order valence-corrected chi connectivity index (χ2v) is 3.63. The fraction of sp³-hybridized carbons (Fsp3) is 0.167. The van der Waals surface area contributed by atoms with E-state index < -0.39 is 0 Å². The molecule has 2 aromatic rings. The Hall–Kier alpha value is -2.14. The lowest BCUT2D eigenvalue weighted by molar-refractivity contribution is 0.475. The van der Waals surface area contributed by atoms with Crippen LogP contribution < -0.4 is 10.6 Å². The summed E-state index contributed by atoms with van der Waals surface area (Å²) < 4.78 is 0. The number of rotatable bonds is 3. The molecule has 5 heteroatoms. The van der Waals surface area contributed by atoms with Crippen molar-refractivity contribution in [1.82, 2.24) is 9.97 Å². The number of phenols is 1. The second kappa shape index (κ2) is 4.80. The van der Waals surface area contributed by atoms with E-state index in [0.717, 1.165) is 11.4 Å². The fourth-order valence-corrected chi connectivity index (χ4v) is 1.48. The van der Waals surface area contributed by atoms with E-state index in [1.54, 1.807) is 35.4 Å². The van der Waals surface area contributed by atoms with Gasteiger partial charge in [0.15, 0.2) is 0 Å². The normalized spacial score (nSPS) is 10.2. The van der Waals surface area contributed by atoms with Gasteiger partial charge in [0.25, 0.3) is 0 Å². The van der Waals surface area contributed by atoms with Crippen molar-refractivity contribution in [2.75, 3.05) is 11.9 Å². The Morgan fingerprint density at radius 1 is 1.35 bits per heavy atom. The van der Waals surface area contributed by atoms with Gasteiger partial charge >= 0.3 is 0 Å². The smallest absolute Gasteiger partial charge is 0.229 e. The Labute approximate surface area is 99.6 Å². The standard InChI is InChI=1S/C12H14N4O/c1-16(10-3-2-4-11(17)7-10)12-14-6-5-9(8-13)15-12/h2-7,17H,8,13H2,1H3. The summed E-state index contributed by atoms with van der Waals surface area (Å²) in [5, 5.41) is 9.42. The number of aromatic nitrogens is 2. The van der Waals surface area contributed by atoms with Crippen LogP contribution in [0, 0.1) is 0 Å². The van der Waals surface area contributed by atoms with E-state index >= 15 is 0 Å². The number of hydrogen-bond donors (Lipinski definition) is 2. The third-order valence-corrected chi connectivity index (χ3v) is 2.43. The zero-order valence-corrected chi connectivity index (χ0v) is 9.54. The van der Waals surface area contributed by atoms with Crippen LogP contribution in [0.1, 0.15) is 5.69 Å². The first kappa shape index (κ1) is 11.3. The minimum Gasteiger partial charge on any atom is -0.508 e. The summed E-state index contributed by atoms with van der Waals surface area (Å²) in [6, 6.07) is 8.69. The molecule has 3 N–H and O–H groups in total. The molecule has 0 unspecified atom stereocenters. The molecule has 0 spiro atoms. The number of aromatic hydroxyl groups is 1. The molecular formula is C12H14N4O. The van der Waals surface area contributed by atoms with Crippen molar-refractivity contribution >= 4 is 11.6 Å². The summed E-state index contributed by atoms with van der Waals surface area (Å²) >= 11 is 0. The molecule has 0 radical (unpaired) electrons. The Morgan fingerprint density at radius 2 is 2.18 bits per heavy atom. The van der Waals surface area contributed by atoms with E-state index in [4.69, 9.17) is 5.73 Å². The minimum atomic E-state index is 0.212. The molecular weight excluding hydrogens is 216 g/mol. The lowest BCUT2D eigenvalue weighted by Crippen LogP contribution is -2.14. The van der Waals surface area contributed by atoms with Crippen LogP contribution >= 0.6 is 0 Å². The van der Waals surface area contributed by atoms with Crippen LogP contribution in [0.5, 0.6) is 5.75 Å². The molecule has 1 aromatic heterocycles. The molecule has 0 saturated heterocycles. The summed E-state index contributed by atoms with van der Waals surface area (Å²) in [5.74, 6) is 0.767. The van der Waals surface area contributed by atoms with Crippen molar-refractivity contribution in [3.8, 4) is 5.75 Å². The SMILES string of the molecule is CN(c1cccc(O)c1)c1nccc(CN)n1. The van der Waals surface area contributed by atoms with E-state index in [9.17, 15) is 5.11 Å². The molecule has 88 valence electrons. The van der Waals surface area contributed by atoms with Gasteiger partial charge in [-0.15, -0.1) is 0 Å². The number of nitrogens with zero attached hydrogens (tertiary/aromatic N) is 3. The summed E-state index contributed by atoms with van der Waals surface area (Å²) in [5.41, 5.74) is 7.13. The molecule has 0 aliphatic rings. The van der Waals surface area contributed by atoms with E-state index in [1.807, 2.05) is 13.1 Å². The first-order chi connectivity index (χ1) is 8.20. The molecule has 0 saturated carbocycles. The van der Waals surface area contributed by atoms with Crippen molar-refractivity contribution in [3.05, 3.63) is 42.2 Å². The maximum absolute atomic E-state index is 9.42. The number of nitrogens with two attached hydrogens (primary N) is 1. The Bertz CT molecular complexity index is 515. The van der Waals surface area contributed by atoms with Gasteiger partial charge in [-0.25, -0.2) is 9.97 Å².